The maximum Gasteiger partial charge on any atom is 0.243 e. The number of nitrogens with one attached hydrogen (secondary N) is 3. The van der Waals surface area contributed by atoms with Gasteiger partial charge in [-0.2, -0.15) is 12.6 Å². The monoisotopic (exact) mass is 283 g/mol. The maximum atomic E-state index is 11.5. The molecule has 0 aromatic heterocycles. The normalized spacial score (nSPS) is 12.9. The summed E-state index contributed by atoms with van der Waals surface area (Å²) in [7, 11) is -2.05. The van der Waals surface area contributed by atoms with E-state index in [1.165, 1.54) is 14.0 Å². The van der Waals surface area contributed by atoms with Crippen molar-refractivity contribution in [1.82, 2.24) is 15.4 Å². The predicted octanol–water partition coefficient (Wildman–Crippen LogP) is -1.91. The zero-order valence-electron chi connectivity index (χ0n) is 9.69. The lowest BCUT2D eigenvalue weighted by Gasteiger charge is -2.15. The fraction of sp³-hybridized carbons (Fsp3) is 0.750. The van der Waals surface area contributed by atoms with Crippen LogP contribution >= 0.6 is 12.6 Å². The molecule has 9 heteroatoms. The lowest BCUT2D eigenvalue weighted by Crippen LogP contribution is -2.48. The van der Waals surface area contributed by atoms with Gasteiger partial charge in [-0.25, -0.2) is 13.1 Å². The van der Waals surface area contributed by atoms with Crippen LogP contribution in [0.5, 0.6) is 0 Å². The van der Waals surface area contributed by atoms with Gasteiger partial charge < -0.3 is 10.6 Å². The molecule has 0 aliphatic heterocycles. The van der Waals surface area contributed by atoms with Crippen molar-refractivity contribution in [2.75, 3.05) is 25.1 Å². The number of hydrogen-bond donors (Lipinski definition) is 4. The van der Waals surface area contributed by atoms with Crippen molar-refractivity contribution >= 4 is 34.5 Å². The Bertz CT molecular complexity index is 369. The van der Waals surface area contributed by atoms with Gasteiger partial charge in [-0.05, 0) is 7.05 Å². The van der Waals surface area contributed by atoms with E-state index in [4.69, 9.17) is 0 Å². The number of carbonyl (C=O) groups excluding carboxylic acids is 2. The molecule has 0 heterocycles. The fourth-order valence-corrected chi connectivity index (χ4v) is 1.81. The van der Waals surface area contributed by atoms with Gasteiger partial charge in [-0.15, -0.1) is 0 Å². The van der Waals surface area contributed by atoms with Crippen LogP contribution in [0.1, 0.15) is 6.92 Å². The summed E-state index contributed by atoms with van der Waals surface area (Å²) in [5.41, 5.74) is 0. The fourth-order valence-electron chi connectivity index (χ4n) is 0.973. The lowest BCUT2D eigenvalue weighted by molar-refractivity contribution is -0.127. The Hall–Kier alpha value is -0.800. The molecule has 100 valence electrons. The minimum atomic E-state index is -3.34. The second kappa shape index (κ2) is 7.51. The molecule has 0 radical (unpaired) electrons. The minimum absolute atomic E-state index is 0.0220. The standard InChI is InChI=1S/C8H17N3O4S2/c1-6(12)11-7(5-16)8(13)10-3-4-17(14,15)9-2/h7,9,16H,3-5H2,1-2H3,(H,10,13)(H,11,12). The van der Waals surface area contributed by atoms with Crippen molar-refractivity contribution in [1.29, 1.82) is 0 Å². The summed E-state index contributed by atoms with van der Waals surface area (Å²) >= 11 is 3.92. The van der Waals surface area contributed by atoms with Crippen LogP contribution in [0.2, 0.25) is 0 Å². The molecular formula is C8H17N3O4S2. The van der Waals surface area contributed by atoms with E-state index in [2.05, 4.69) is 28.0 Å². The third kappa shape index (κ3) is 7.18. The summed E-state index contributed by atoms with van der Waals surface area (Å²) in [5, 5.41) is 4.81. The van der Waals surface area contributed by atoms with Gasteiger partial charge in [-0.3, -0.25) is 9.59 Å². The van der Waals surface area contributed by atoms with Crippen molar-refractivity contribution in [3.8, 4) is 0 Å². The average Bonchev–Trinajstić information content (AvgIpc) is 2.25. The second-order valence-electron chi connectivity index (χ2n) is 3.25. The molecule has 1 atom stereocenters. The zero-order chi connectivity index (χ0) is 13.5. The first-order chi connectivity index (χ1) is 7.82. The van der Waals surface area contributed by atoms with E-state index in [1.54, 1.807) is 0 Å². The van der Waals surface area contributed by atoms with Gasteiger partial charge in [0.25, 0.3) is 0 Å². The van der Waals surface area contributed by atoms with Gasteiger partial charge in [0.1, 0.15) is 6.04 Å². The molecule has 0 saturated carbocycles. The van der Waals surface area contributed by atoms with Crippen LogP contribution in [0.25, 0.3) is 0 Å². The van der Waals surface area contributed by atoms with Crippen molar-refractivity contribution in [2.45, 2.75) is 13.0 Å². The molecule has 1 unspecified atom stereocenters. The Labute approximate surface area is 106 Å². The highest BCUT2D eigenvalue weighted by Gasteiger charge is 2.17. The largest absolute Gasteiger partial charge is 0.353 e. The number of carbonyl (C=O) groups is 2. The Balaban J connectivity index is 4.12. The van der Waals surface area contributed by atoms with Gasteiger partial charge in [0.05, 0.1) is 5.75 Å². The van der Waals surface area contributed by atoms with Crippen LogP contribution in [-0.2, 0) is 19.6 Å². The number of hydrogen-bond acceptors (Lipinski definition) is 5. The molecule has 0 aliphatic carbocycles. The van der Waals surface area contributed by atoms with Gasteiger partial charge >= 0.3 is 0 Å². The number of rotatable bonds is 7. The Morgan fingerprint density at radius 2 is 1.94 bits per heavy atom. The molecule has 0 aromatic carbocycles. The summed E-state index contributed by atoms with van der Waals surface area (Å²) in [5.74, 6) is -0.873. The first-order valence-electron chi connectivity index (χ1n) is 4.89. The summed E-state index contributed by atoms with van der Waals surface area (Å²) in [6.07, 6.45) is 0. The van der Waals surface area contributed by atoms with Crippen molar-refractivity contribution in [3.63, 3.8) is 0 Å². The van der Waals surface area contributed by atoms with Crippen LogP contribution < -0.4 is 15.4 Å². The van der Waals surface area contributed by atoms with Crippen molar-refractivity contribution < 1.29 is 18.0 Å². The second-order valence-corrected chi connectivity index (χ2v) is 5.66. The van der Waals surface area contributed by atoms with E-state index in [0.717, 1.165) is 0 Å². The molecule has 3 N–H and O–H groups in total. The van der Waals surface area contributed by atoms with Gasteiger partial charge in [0, 0.05) is 19.2 Å². The van der Waals surface area contributed by atoms with Crippen molar-refractivity contribution in [3.05, 3.63) is 0 Å². The number of sulfonamides is 1. The first kappa shape index (κ1) is 16.2. The molecular weight excluding hydrogens is 266 g/mol. The molecule has 0 aromatic rings. The third-order valence-electron chi connectivity index (χ3n) is 1.86. The molecule has 17 heavy (non-hydrogen) atoms. The van der Waals surface area contributed by atoms with E-state index < -0.39 is 22.0 Å². The van der Waals surface area contributed by atoms with Gasteiger partial charge in [0.2, 0.25) is 21.8 Å². The van der Waals surface area contributed by atoms with Gasteiger partial charge in [-0.1, -0.05) is 0 Å². The Kier molecular flexibility index (Phi) is 7.16. The summed E-state index contributed by atoms with van der Waals surface area (Å²) in [6.45, 7) is 1.26. The molecule has 0 aliphatic rings. The highest BCUT2D eigenvalue weighted by Crippen LogP contribution is 1.89. The minimum Gasteiger partial charge on any atom is -0.353 e. The summed E-state index contributed by atoms with van der Waals surface area (Å²) < 4.78 is 24.2. The van der Waals surface area contributed by atoms with Crippen LogP contribution in [0, 0.1) is 0 Å². The number of thiol groups is 1. The third-order valence-corrected chi connectivity index (χ3v) is 3.59. The molecule has 0 spiro atoms. The molecule has 0 saturated heterocycles. The van der Waals surface area contributed by atoms with Crippen LogP contribution in [-0.4, -0.2) is 51.4 Å². The average molecular weight is 283 g/mol. The molecule has 0 bridgehead atoms. The van der Waals surface area contributed by atoms with E-state index in [-0.39, 0.29) is 24.0 Å². The highest BCUT2D eigenvalue weighted by molar-refractivity contribution is 7.89. The maximum absolute atomic E-state index is 11.5. The quantitative estimate of drug-likeness (QED) is 0.409. The van der Waals surface area contributed by atoms with Crippen LogP contribution in [0.15, 0.2) is 0 Å². The van der Waals surface area contributed by atoms with E-state index in [9.17, 15) is 18.0 Å². The van der Waals surface area contributed by atoms with E-state index >= 15 is 0 Å². The molecule has 7 nitrogen and oxygen atoms in total. The zero-order valence-corrected chi connectivity index (χ0v) is 11.4. The highest BCUT2D eigenvalue weighted by atomic mass is 32.2. The smallest absolute Gasteiger partial charge is 0.243 e. The molecule has 0 fully saturated rings. The Morgan fingerprint density at radius 3 is 2.35 bits per heavy atom. The topological polar surface area (TPSA) is 104 Å². The van der Waals surface area contributed by atoms with Gasteiger partial charge in [0.15, 0.2) is 0 Å². The Morgan fingerprint density at radius 1 is 1.35 bits per heavy atom. The molecule has 2 amide bonds. The van der Waals surface area contributed by atoms with Crippen LogP contribution in [0.3, 0.4) is 0 Å². The SMILES string of the molecule is CNS(=O)(=O)CCNC(=O)C(CS)NC(C)=O. The molecule has 0 rings (SSSR count). The summed E-state index contributed by atoms with van der Waals surface area (Å²) in [6, 6.07) is -0.756. The summed E-state index contributed by atoms with van der Waals surface area (Å²) in [4.78, 5) is 22.3. The number of amides is 2. The lowest BCUT2D eigenvalue weighted by atomic mass is 10.3. The van der Waals surface area contributed by atoms with Crippen LogP contribution in [0.4, 0.5) is 0 Å². The first-order valence-corrected chi connectivity index (χ1v) is 7.17. The van der Waals surface area contributed by atoms with E-state index in [1.807, 2.05) is 0 Å². The van der Waals surface area contributed by atoms with Crippen molar-refractivity contribution in [2.24, 2.45) is 0 Å². The predicted molar refractivity (Wildman–Crippen MR) is 67.3 cm³/mol. The van der Waals surface area contributed by atoms with E-state index in [0.29, 0.717) is 0 Å².